The zero-order chi connectivity index (χ0) is 31.7. The largest absolute Gasteiger partial charge is 0.586 e. The number of rotatable bonds is 9. The lowest BCUT2D eigenvalue weighted by atomic mass is 10.0. The molecule has 4 aromatic carbocycles. The third kappa shape index (κ3) is 6.18. The van der Waals surface area contributed by atoms with Crippen molar-refractivity contribution in [3.05, 3.63) is 84.6 Å². The van der Waals surface area contributed by atoms with Gasteiger partial charge in [0, 0.05) is 29.8 Å². The molecule has 7 rings (SSSR count). The number of alkyl halides is 2. The molecule has 3 heterocycles. The van der Waals surface area contributed by atoms with Crippen LogP contribution in [0.4, 0.5) is 14.5 Å². The number of ether oxygens (including phenoxy) is 4. The number of benzene rings is 4. The maximum absolute atomic E-state index is 13.6. The Kier molecular flexibility index (Phi) is 7.91. The fourth-order valence-electron chi connectivity index (χ4n) is 5.90. The van der Waals surface area contributed by atoms with Crippen LogP contribution in [0, 0.1) is 0 Å². The van der Waals surface area contributed by atoms with E-state index in [1.165, 1.54) is 37.5 Å². The number of amides is 1. The van der Waals surface area contributed by atoms with E-state index in [0.717, 1.165) is 31.4 Å². The molecule has 11 heteroatoms. The summed E-state index contributed by atoms with van der Waals surface area (Å²) in [6.07, 6.45) is 2.49. The number of aromatic hydroxyl groups is 1. The van der Waals surface area contributed by atoms with Gasteiger partial charge in [-0.1, -0.05) is 24.6 Å². The minimum absolute atomic E-state index is 0.00206. The van der Waals surface area contributed by atoms with Crippen molar-refractivity contribution >= 4 is 33.3 Å². The van der Waals surface area contributed by atoms with Crippen LogP contribution >= 0.6 is 0 Å². The predicted octanol–water partition coefficient (Wildman–Crippen LogP) is 7.71. The van der Waals surface area contributed by atoms with Gasteiger partial charge in [0.05, 0.1) is 17.8 Å². The van der Waals surface area contributed by atoms with Crippen molar-refractivity contribution in [3.63, 3.8) is 0 Å². The van der Waals surface area contributed by atoms with Crippen molar-refractivity contribution in [1.82, 2.24) is 9.88 Å². The van der Waals surface area contributed by atoms with E-state index in [-0.39, 0.29) is 22.9 Å². The number of anilines is 1. The molecule has 46 heavy (non-hydrogen) atoms. The van der Waals surface area contributed by atoms with Gasteiger partial charge in [0.2, 0.25) is 0 Å². The van der Waals surface area contributed by atoms with E-state index in [0.29, 0.717) is 45.7 Å². The van der Waals surface area contributed by atoms with Gasteiger partial charge in [-0.3, -0.25) is 9.78 Å². The van der Waals surface area contributed by atoms with Crippen LogP contribution in [0.2, 0.25) is 0 Å². The Morgan fingerprint density at radius 2 is 1.80 bits per heavy atom. The first-order valence-corrected chi connectivity index (χ1v) is 15.2. The van der Waals surface area contributed by atoms with E-state index < -0.39 is 12.2 Å². The lowest BCUT2D eigenvalue weighted by Gasteiger charge is -2.26. The fourth-order valence-corrected chi connectivity index (χ4v) is 5.90. The van der Waals surface area contributed by atoms with Crippen LogP contribution in [-0.2, 0) is 0 Å². The maximum Gasteiger partial charge on any atom is 0.586 e. The van der Waals surface area contributed by atoms with Crippen LogP contribution in [0.1, 0.15) is 36.0 Å². The zero-order valence-electron chi connectivity index (χ0n) is 24.8. The highest BCUT2D eigenvalue weighted by Gasteiger charge is 2.44. The summed E-state index contributed by atoms with van der Waals surface area (Å²) in [5.41, 5.74) is 1.01. The number of nitrogens with zero attached hydrogens (tertiary/aromatic N) is 2. The molecule has 2 N–H and O–H groups in total. The predicted molar refractivity (Wildman–Crippen MR) is 168 cm³/mol. The molecule has 9 nitrogen and oxygen atoms in total. The summed E-state index contributed by atoms with van der Waals surface area (Å²) >= 11 is 0. The van der Waals surface area contributed by atoms with Crippen molar-refractivity contribution in [3.8, 4) is 34.5 Å². The normalized spacial score (nSPS) is 15.6. The van der Waals surface area contributed by atoms with Crippen LogP contribution in [0.3, 0.4) is 0 Å². The topological polar surface area (TPSA) is 102 Å². The Bertz CT molecular complexity index is 1930. The van der Waals surface area contributed by atoms with E-state index in [4.69, 9.17) is 9.47 Å². The van der Waals surface area contributed by atoms with Gasteiger partial charge < -0.3 is 34.3 Å². The highest BCUT2D eigenvalue weighted by Crippen LogP contribution is 2.46. The number of carbonyl (C=O) groups excluding carboxylic acids is 1. The molecule has 2 aliphatic rings. The van der Waals surface area contributed by atoms with Crippen LogP contribution in [0.15, 0.2) is 79.0 Å². The molecule has 5 aromatic rings. The van der Waals surface area contributed by atoms with Crippen molar-refractivity contribution in [2.24, 2.45) is 0 Å². The molecule has 236 valence electrons. The number of piperidine rings is 1. The average molecular weight is 628 g/mol. The molecule has 0 spiro atoms. The molecule has 0 saturated carbocycles. The molecule has 1 saturated heterocycles. The molecule has 1 fully saturated rings. The van der Waals surface area contributed by atoms with Crippen LogP contribution in [0.5, 0.6) is 34.5 Å². The first-order chi connectivity index (χ1) is 22.3. The van der Waals surface area contributed by atoms with Gasteiger partial charge >= 0.3 is 6.29 Å². The number of likely N-dealkylation sites (tertiary alicyclic amines) is 1. The van der Waals surface area contributed by atoms with Gasteiger partial charge in [-0.15, -0.1) is 8.78 Å². The Morgan fingerprint density at radius 3 is 2.67 bits per heavy atom. The second-order valence-electron chi connectivity index (χ2n) is 11.3. The summed E-state index contributed by atoms with van der Waals surface area (Å²) in [6.45, 7) is 3.74. The minimum atomic E-state index is -3.81. The molecule has 0 unspecified atom stereocenters. The summed E-state index contributed by atoms with van der Waals surface area (Å²) in [4.78, 5) is 20.2. The number of carbonyl (C=O) groups is 1. The van der Waals surface area contributed by atoms with E-state index in [1.54, 1.807) is 54.7 Å². The standard InChI is InChI=1S/C35H31F2N3O6/c36-35(37)45-31-10-5-9-27(33(31)46-35)39-34(42)25-8-4-7-22-19-23(11-12-24(22)25)44-30-13-14-38-28-21-32(29(41)20-26(28)30)43-18-6-17-40-15-2-1-3-16-40/h4-5,7-14,19-21,41H,1-3,6,15-18H2,(H,39,42). The number of aromatic nitrogens is 1. The number of nitrogens with one attached hydrogen (secondary N) is 1. The summed E-state index contributed by atoms with van der Waals surface area (Å²) < 4.78 is 48.5. The first kappa shape index (κ1) is 29.5. The third-order valence-corrected chi connectivity index (χ3v) is 8.11. The highest BCUT2D eigenvalue weighted by atomic mass is 19.3. The van der Waals surface area contributed by atoms with E-state index in [2.05, 4.69) is 24.7 Å². The van der Waals surface area contributed by atoms with E-state index >= 15 is 0 Å². The number of phenols is 1. The quantitative estimate of drug-likeness (QED) is 0.160. The number of fused-ring (bicyclic) bond motifs is 3. The van der Waals surface area contributed by atoms with Crippen LogP contribution < -0.4 is 24.3 Å². The summed E-state index contributed by atoms with van der Waals surface area (Å²) in [5.74, 6) is 0.464. The molecule has 0 radical (unpaired) electrons. The number of pyridine rings is 1. The Labute approximate surface area is 263 Å². The van der Waals surface area contributed by atoms with Gasteiger partial charge in [-0.2, -0.15) is 0 Å². The van der Waals surface area contributed by atoms with Gasteiger partial charge in [-0.25, -0.2) is 0 Å². The second-order valence-corrected chi connectivity index (χ2v) is 11.3. The number of hydrogen-bond acceptors (Lipinski definition) is 8. The molecular formula is C35H31F2N3O6. The Balaban J connectivity index is 1.06. The number of hydrogen-bond donors (Lipinski definition) is 2. The van der Waals surface area contributed by atoms with Crippen molar-refractivity contribution in [2.75, 3.05) is 31.6 Å². The van der Waals surface area contributed by atoms with E-state index in [9.17, 15) is 18.7 Å². The third-order valence-electron chi connectivity index (χ3n) is 8.11. The SMILES string of the molecule is O=C(Nc1cccc2c1OC(F)(F)O2)c1cccc2cc(Oc3ccnc4cc(OCCCN5CCCCC5)c(O)cc34)ccc12. The smallest absolute Gasteiger partial charge is 0.504 e. The number of para-hydroxylation sites is 1. The molecule has 1 amide bonds. The zero-order valence-corrected chi connectivity index (χ0v) is 24.8. The number of phenolic OH excluding ortho intramolecular Hbond substituents is 1. The molecule has 0 atom stereocenters. The molecule has 2 aliphatic heterocycles. The average Bonchev–Trinajstić information content (AvgIpc) is 3.38. The highest BCUT2D eigenvalue weighted by molar-refractivity contribution is 6.13. The van der Waals surface area contributed by atoms with Crippen LogP contribution in [0.25, 0.3) is 21.7 Å². The lowest BCUT2D eigenvalue weighted by molar-refractivity contribution is -0.286. The van der Waals surface area contributed by atoms with Gasteiger partial charge in [0.15, 0.2) is 23.0 Å². The Hall–Kier alpha value is -5.16. The van der Waals surface area contributed by atoms with Crippen molar-refractivity contribution < 1.29 is 37.6 Å². The van der Waals surface area contributed by atoms with Crippen LogP contribution in [-0.4, -0.2) is 53.4 Å². The van der Waals surface area contributed by atoms with E-state index in [1.807, 2.05) is 6.07 Å². The lowest BCUT2D eigenvalue weighted by Crippen LogP contribution is -2.31. The molecule has 0 aliphatic carbocycles. The Morgan fingerprint density at radius 1 is 0.957 bits per heavy atom. The van der Waals surface area contributed by atoms with Gasteiger partial charge in [-0.05, 0) is 91.7 Å². The minimum Gasteiger partial charge on any atom is -0.504 e. The van der Waals surface area contributed by atoms with Crippen molar-refractivity contribution in [2.45, 2.75) is 32.0 Å². The van der Waals surface area contributed by atoms with Gasteiger partial charge in [0.1, 0.15) is 11.5 Å². The molecule has 1 aromatic heterocycles. The fraction of sp³-hybridized carbons (Fsp3) is 0.257. The van der Waals surface area contributed by atoms with Gasteiger partial charge in [0.25, 0.3) is 5.91 Å². The van der Waals surface area contributed by atoms with Crippen molar-refractivity contribution in [1.29, 1.82) is 0 Å². The summed E-state index contributed by atoms with van der Waals surface area (Å²) in [5, 5.41) is 15.4. The first-order valence-electron chi connectivity index (χ1n) is 15.2. The summed E-state index contributed by atoms with van der Waals surface area (Å²) in [7, 11) is 0. The molecule has 0 bridgehead atoms. The monoisotopic (exact) mass is 627 g/mol. The molecular weight excluding hydrogens is 596 g/mol. The second kappa shape index (κ2) is 12.3. The maximum atomic E-state index is 13.6. The number of halogens is 2. The summed E-state index contributed by atoms with van der Waals surface area (Å²) in [6, 6.07) is 19.8.